The van der Waals surface area contributed by atoms with Gasteiger partial charge in [0.2, 0.25) is 0 Å². The summed E-state index contributed by atoms with van der Waals surface area (Å²) in [6, 6.07) is 8.17. The number of ether oxygens (including phenoxy) is 2. The minimum Gasteiger partial charge on any atom is -0.493 e. The van der Waals surface area contributed by atoms with Crippen LogP contribution in [-0.4, -0.2) is 13.2 Å². The zero-order valence-corrected chi connectivity index (χ0v) is 27.0. The summed E-state index contributed by atoms with van der Waals surface area (Å²) in [6.07, 6.45) is 13.0. The SMILES string of the molecule is CCCCCCOc1ccc(CO[P+](=O)OCc2ccc(OCCCCCC)c(CC)c2CC)c(CC)c1CC. The highest BCUT2D eigenvalue weighted by molar-refractivity contribution is 7.33. The predicted octanol–water partition coefficient (Wildman–Crippen LogP) is 10.2. The van der Waals surface area contributed by atoms with Gasteiger partial charge in [0.15, 0.2) is 0 Å². The van der Waals surface area contributed by atoms with Crippen LogP contribution in [-0.2, 0) is 52.5 Å². The van der Waals surface area contributed by atoms with Gasteiger partial charge in [-0.1, -0.05) is 92.2 Å². The molecule has 0 aliphatic heterocycles. The second-order valence-electron chi connectivity index (χ2n) is 10.4. The molecule has 0 unspecified atom stereocenters. The third kappa shape index (κ3) is 10.8. The zero-order chi connectivity index (χ0) is 29.2. The van der Waals surface area contributed by atoms with Crippen LogP contribution < -0.4 is 9.47 Å². The van der Waals surface area contributed by atoms with E-state index in [0.717, 1.165) is 74.4 Å². The van der Waals surface area contributed by atoms with Crippen LogP contribution in [0.25, 0.3) is 0 Å². The van der Waals surface area contributed by atoms with E-state index in [1.165, 1.54) is 60.8 Å². The summed E-state index contributed by atoms with van der Waals surface area (Å²) in [5, 5.41) is 0. The normalized spacial score (nSPS) is 11.2. The van der Waals surface area contributed by atoms with Gasteiger partial charge in [0.25, 0.3) is 0 Å². The highest BCUT2D eigenvalue weighted by Crippen LogP contribution is 2.34. The molecule has 0 radical (unpaired) electrons. The fourth-order valence-corrected chi connectivity index (χ4v) is 5.90. The molecular formula is C34H54O5P+. The summed E-state index contributed by atoms with van der Waals surface area (Å²) in [5.74, 6) is 1.93. The van der Waals surface area contributed by atoms with Crippen LogP contribution >= 0.6 is 8.25 Å². The van der Waals surface area contributed by atoms with Gasteiger partial charge in [0, 0.05) is 4.57 Å². The molecule has 40 heavy (non-hydrogen) atoms. The fraction of sp³-hybridized carbons (Fsp3) is 0.647. The second kappa shape index (κ2) is 20.0. The number of rotatable bonds is 22. The predicted molar refractivity (Wildman–Crippen MR) is 167 cm³/mol. The summed E-state index contributed by atoms with van der Waals surface area (Å²) in [4.78, 5) is 0. The van der Waals surface area contributed by atoms with Gasteiger partial charge in [-0.05, 0) is 84.0 Å². The average Bonchev–Trinajstić information content (AvgIpc) is 2.98. The summed E-state index contributed by atoms with van der Waals surface area (Å²) < 4.78 is 36.5. The van der Waals surface area contributed by atoms with E-state index in [1.807, 2.05) is 24.3 Å². The molecule has 0 N–H and O–H groups in total. The molecule has 0 aliphatic rings. The second-order valence-corrected chi connectivity index (χ2v) is 11.3. The van der Waals surface area contributed by atoms with Crippen molar-refractivity contribution in [2.45, 2.75) is 132 Å². The van der Waals surface area contributed by atoms with Gasteiger partial charge in [0.1, 0.15) is 24.7 Å². The number of unbranched alkanes of at least 4 members (excludes halogenated alkanes) is 6. The summed E-state index contributed by atoms with van der Waals surface area (Å²) in [5.41, 5.74) is 7.00. The molecule has 0 spiro atoms. The van der Waals surface area contributed by atoms with Crippen molar-refractivity contribution in [2.24, 2.45) is 0 Å². The Kier molecular flexibility index (Phi) is 17.1. The van der Waals surface area contributed by atoms with Crippen LogP contribution in [0.3, 0.4) is 0 Å². The van der Waals surface area contributed by atoms with Crippen molar-refractivity contribution in [1.82, 2.24) is 0 Å². The molecule has 2 rings (SSSR count). The van der Waals surface area contributed by atoms with E-state index < -0.39 is 8.25 Å². The Bertz CT molecular complexity index is 940. The molecular weight excluding hydrogens is 519 g/mol. The van der Waals surface area contributed by atoms with Gasteiger partial charge in [-0.25, -0.2) is 0 Å². The molecule has 0 saturated carbocycles. The highest BCUT2D eigenvalue weighted by atomic mass is 31.1. The quantitative estimate of drug-likeness (QED) is 0.104. The third-order valence-electron chi connectivity index (χ3n) is 7.55. The molecule has 0 aromatic heterocycles. The van der Waals surface area contributed by atoms with E-state index in [0.29, 0.717) is 0 Å². The van der Waals surface area contributed by atoms with Crippen molar-refractivity contribution in [2.75, 3.05) is 13.2 Å². The maximum absolute atomic E-state index is 12.7. The largest absolute Gasteiger partial charge is 0.698 e. The first-order valence-corrected chi connectivity index (χ1v) is 16.9. The number of hydrogen-bond acceptors (Lipinski definition) is 5. The molecule has 224 valence electrons. The standard InChI is InChI=1S/C34H54O5P/c1-7-13-15-17-23-36-33-21-19-27(29(9-3)31(33)11-5)25-38-40(35)39-26-28-20-22-34(32(12-6)30(28)10-4)37-24-18-16-14-8-2/h19-22H,7-18,23-26H2,1-6H3/q+1. The van der Waals surface area contributed by atoms with Crippen LogP contribution in [0.15, 0.2) is 24.3 Å². The first-order valence-electron chi connectivity index (χ1n) is 15.8. The van der Waals surface area contributed by atoms with Crippen LogP contribution in [0.5, 0.6) is 11.5 Å². The molecule has 2 aromatic carbocycles. The van der Waals surface area contributed by atoms with Crippen LogP contribution in [0, 0.1) is 0 Å². The first-order chi connectivity index (χ1) is 19.5. The minimum atomic E-state index is -2.25. The molecule has 2 aromatic rings. The van der Waals surface area contributed by atoms with Crippen LogP contribution in [0.4, 0.5) is 0 Å². The van der Waals surface area contributed by atoms with Crippen molar-refractivity contribution < 1.29 is 23.1 Å². The number of hydrogen-bond donors (Lipinski definition) is 0. The Morgan fingerprint density at radius 2 is 0.925 bits per heavy atom. The monoisotopic (exact) mass is 573 g/mol. The topological polar surface area (TPSA) is 54.0 Å². The summed E-state index contributed by atoms with van der Waals surface area (Å²) in [7, 11) is -2.25. The Balaban J connectivity index is 1.98. The lowest BCUT2D eigenvalue weighted by Crippen LogP contribution is -2.06. The zero-order valence-electron chi connectivity index (χ0n) is 26.1. The lowest BCUT2D eigenvalue weighted by atomic mass is 9.96. The molecule has 6 heteroatoms. The van der Waals surface area contributed by atoms with E-state index in [4.69, 9.17) is 18.5 Å². The van der Waals surface area contributed by atoms with E-state index in [1.54, 1.807) is 0 Å². The molecule has 5 nitrogen and oxygen atoms in total. The van der Waals surface area contributed by atoms with Gasteiger partial charge < -0.3 is 9.47 Å². The maximum atomic E-state index is 12.7. The molecule has 0 amide bonds. The molecule has 0 atom stereocenters. The lowest BCUT2D eigenvalue weighted by molar-refractivity contribution is 0.212. The van der Waals surface area contributed by atoms with Crippen molar-refractivity contribution in [3.63, 3.8) is 0 Å². The van der Waals surface area contributed by atoms with Crippen molar-refractivity contribution >= 4 is 8.25 Å². The van der Waals surface area contributed by atoms with Gasteiger partial charge in [-0.15, -0.1) is 9.05 Å². The smallest absolute Gasteiger partial charge is 0.493 e. The van der Waals surface area contributed by atoms with E-state index in [9.17, 15) is 4.57 Å². The highest BCUT2D eigenvalue weighted by Gasteiger charge is 2.24. The Labute approximate surface area is 245 Å². The third-order valence-corrected chi connectivity index (χ3v) is 8.23. The van der Waals surface area contributed by atoms with E-state index in [2.05, 4.69) is 41.5 Å². The molecule has 0 aliphatic carbocycles. The maximum Gasteiger partial charge on any atom is 0.698 e. The Morgan fingerprint density at radius 1 is 0.525 bits per heavy atom. The summed E-state index contributed by atoms with van der Waals surface area (Å²) in [6.45, 7) is 15.1. The fourth-order valence-electron chi connectivity index (χ4n) is 5.34. The van der Waals surface area contributed by atoms with Gasteiger partial charge in [-0.2, -0.15) is 0 Å². The minimum absolute atomic E-state index is 0.258. The summed E-state index contributed by atoms with van der Waals surface area (Å²) >= 11 is 0. The molecule has 0 heterocycles. The molecule has 0 saturated heterocycles. The lowest BCUT2D eigenvalue weighted by Gasteiger charge is -2.17. The van der Waals surface area contributed by atoms with Crippen molar-refractivity contribution in [3.05, 3.63) is 57.6 Å². The van der Waals surface area contributed by atoms with Gasteiger partial charge >= 0.3 is 8.25 Å². The molecule has 0 bridgehead atoms. The van der Waals surface area contributed by atoms with Gasteiger partial charge in [-0.3, -0.25) is 0 Å². The number of benzene rings is 2. The van der Waals surface area contributed by atoms with Crippen LogP contribution in [0.1, 0.15) is 126 Å². The Hall–Kier alpha value is -1.94. The first kappa shape index (κ1) is 34.3. The van der Waals surface area contributed by atoms with E-state index in [-0.39, 0.29) is 13.2 Å². The average molecular weight is 574 g/mol. The van der Waals surface area contributed by atoms with Crippen LogP contribution in [0.2, 0.25) is 0 Å². The van der Waals surface area contributed by atoms with Crippen molar-refractivity contribution in [1.29, 1.82) is 0 Å². The Morgan fingerprint density at radius 3 is 1.27 bits per heavy atom. The van der Waals surface area contributed by atoms with E-state index >= 15 is 0 Å². The molecule has 0 fully saturated rings. The van der Waals surface area contributed by atoms with Crippen molar-refractivity contribution in [3.8, 4) is 11.5 Å². The van der Waals surface area contributed by atoms with Gasteiger partial charge in [0.05, 0.1) is 13.2 Å².